The first-order chi connectivity index (χ1) is 6.83. The van der Waals surface area contributed by atoms with Crippen molar-refractivity contribution >= 4 is 0 Å². The van der Waals surface area contributed by atoms with Crippen molar-refractivity contribution in [2.45, 2.75) is 58.3 Å². The Bertz CT molecular complexity index is 155. The molecule has 2 N–H and O–H groups in total. The van der Waals surface area contributed by atoms with E-state index in [1.165, 1.54) is 51.4 Å². The maximum Gasteiger partial charge on any atom is -0.0103 e. The summed E-state index contributed by atoms with van der Waals surface area (Å²) in [5.41, 5.74) is 5.29. The Kier molecular flexibility index (Phi) is 5.74. The molecule has 0 atom stereocenters. The van der Waals surface area contributed by atoms with Crippen LogP contribution in [0.4, 0.5) is 0 Å². The normalized spacial score (nSPS) is 28.4. The molecule has 0 aromatic carbocycles. The van der Waals surface area contributed by atoms with E-state index in [0.29, 0.717) is 0 Å². The molecular formula is C13H25N. The SMILES string of the molecule is CC1CCC(CCCC/C=C\N)CC1. The third-order valence-electron chi connectivity index (χ3n) is 3.50. The molecule has 1 aliphatic rings. The molecule has 1 aliphatic carbocycles. The summed E-state index contributed by atoms with van der Waals surface area (Å²) in [6, 6.07) is 0. The Hall–Kier alpha value is -0.460. The summed E-state index contributed by atoms with van der Waals surface area (Å²) in [6.07, 6.45) is 15.0. The van der Waals surface area contributed by atoms with E-state index in [0.717, 1.165) is 11.8 Å². The molecule has 1 rings (SSSR count). The number of nitrogens with two attached hydrogens (primary N) is 1. The largest absolute Gasteiger partial charge is 0.405 e. The summed E-state index contributed by atoms with van der Waals surface area (Å²) in [6.45, 7) is 2.39. The molecule has 0 radical (unpaired) electrons. The van der Waals surface area contributed by atoms with E-state index >= 15 is 0 Å². The van der Waals surface area contributed by atoms with Gasteiger partial charge >= 0.3 is 0 Å². The van der Waals surface area contributed by atoms with Crippen LogP contribution >= 0.6 is 0 Å². The molecule has 0 aromatic heterocycles. The third kappa shape index (κ3) is 4.69. The van der Waals surface area contributed by atoms with Crippen molar-refractivity contribution in [1.82, 2.24) is 0 Å². The van der Waals surface area contributed by atoms with Crippen molar-refractivity contribution in [3.8, 4) is 0 Å². The zero-order valence-electron chi connectivity index (χ0n) is 9.54. The minimum absolute atomic E-state index is 0.992. The lowest BCUT2D eigenvalue weighted by Crippen LogP contribution is -2.11. The molecular weight excluding hydrogens is 170 g/mol. The molecule has 0 amide bonds. The lowest BCUT2D eigenvalue weighted by atomic mass is 9.80. The monoisotopic (exact) mass is 195 g/mol. The van der Waals surface area contributed by atoms with Gasteiger partial charge in [-0.15, -0.1) is 0 Å². The topological polar surface area (TPSA) is 26.0 Å². The van der Waals surface area contributed by atoms with Gasteiger partial charge in [-0.3, -0.25) is 0 Å². The van der Waals surface area contributed by atoms with Crippen LogP contribution in [0.3, 0.4) is 0 Å². The summed E-state index contributed by atoms with van der Waals surface area (Å²) in [4.78, 5) is 0. The average molecular weight is 195 g/mol. The van der Waals surface area contributed by atoms with Gasteiger partial charge in [-0.05, 0) is 30.9 Å². The van der Waals surface area contributed by atoms with Gasteiger partial charge in [0.2, 0.25) is 0 Å². The average Bonchev–Trinajstić information content (AvgIpc) is 2.21. The van der Waals surface area contributed by atoms with Crippen LogP contribution in [-0.2, 0) is 0 Å². The van der Waals surface area contributed by atoms with Gasteiger partial charge in [0.15, 0.2) is 0 Å². The van der Waals surface area contributed by atoms with Crippen molar-refractivity contribution in [3.05, 3.63) is 12.3 Å². The first-order valence-electron chi connectivity index (χ1n) is 6.19. The summed E-state index contributed by atoms with van der Waals surface area (Å²) >= 11 is 0. The van der Waals surface area contributed by atoms with Crippen LogP contribution in [-0.4, -0.2) is 0 Å². The van der Waals surface area contributed by atoms with Crippen molar-refractivity contribution in [2.24, 2.45) is 17.6 Å². The van der Waals surface area contributed by atoms with E-state index in [-0.39, 0.29) is 0 Å². The second-order valence-corrected chi connectivity index (χ2v) is 4.84. The quantitative estimate of drug-likeness (QED) is 0.663. The first kappa shape index (κ1) is 11.6. The van der Waals surface area contributed by atoms with Crippen molar-refractivity contribution in [2.75, 3.05) is 0 Å². The minimum atomic E-state index is 0.992. The molecule has 0 saturated heterocycles. The third-order valence-corrected chi connectivity index (χ3v) is 3.50. The second kappa shape index (κ2) is 6.92. The van der Waals surface area contributed by atoms with E-state index in [1.807, 2.05) is 0 Å². The fourth-order valence-electron chi connectivity index (χ4n) is 2.41. The predicted octanol–water partition coefficient (Wildman–Crippen LogP) is 3.85. The van der Waals surface area contributed by atoms with Gasteiger partial charge < -0.3 is 5.73 Å². The Morgan fingerprint density at radius 3 is 2.50 bits per heavy atom. The lowest BCUT2D eigenvalue weighted by Gasteiger charge is -2.25. The Labute approximate surface area is 88.8 Å². The van der Waals surface area contributed by atoms with Crippen LogP contribution in [0, 0.1) is 11.8 Å². The zero-order chi connectivity index (χ0) is 10.2. The second-order valence-electron chi connectivity index (χ2n) is 4.84. The van der Waals surface area contributed by atoms with E-state index < -0.39 is 0 Å². The van der Waals surface area contributed by atoms with Gasteiger partial charge in [0.25, 0.3) is 0 Å². The number of hydrogen-bond acceptors (Lipinski definition) is 1. The Morgan fingerprint density at radius 1 is 1.14 bits per heavy atom. The summed E-state index contributed by atoms with van der Waals surface area (Å²) in [5.74, 6) is 2.03. The van der Waals surface area contributed by atoms with E-state index in [9.17, 15) is 0 Å². The molecule has 1 heteroatoms. The fourth-order valence-corrected chi connectivity index (χ4v) is 2.41. The summed E-state index contributed by atoms with van der Waals surface area (Å²) in [7, 11) is 0. The summed E-state index contributed by atoms with van der Waals surface area (Å²) in [5, 5.41) is 0. The van der Waals surface area contributed by atoms with Crippen molar-refractivity contribution in [3.63, 3.8) is 0 Å². The molecule has 0 unspecified atom stereocenters. The summed E-state index contributed by atoms with van der Waals surface area (Å²) < 4.78 is 0. The number of rotatable bonds is 5. The highest BCUT2D eigenvalue weighted by atomic mass is 14.5. The fraction of sp³-hybridized carbons (Fsp3) is 0.846. The molecule has 0 bridgehead atoms. The van der Waals surface area contributed by atoms with Gasteiger partial charge in [0.1, 0.15) is 0 Å². The highest BCUT2D eigenvalue weighted by molar-refractivity contribution is 4.75. The smallest absolute Gasteiger partial charge is 0.0103 e. The van der Waals surface area contributed by atoms with Crippen LogP contribution in [0.25, 0.3) is 0 Å². The maximum atomic E-state index is 5.29. The van der Waals surface area contributed by atoms with Crippen LogP contribution in [0.2, 0.25) is 0 Å². The maximum absolute atomic E-state index is 5.29. The molecule has 0 aromatic rings. The van der Waals surface area contributed by atoms with Gasteiger partial charge in [-0.1, -0.05) is 51.5 Å². The van der Waals surface area contributed by atoms with E-state index in [4.69, 9.17) is 5.73 Å². The van der Waals surface area contributed by atoms with Crippen LogP contribution in [0.5, 0.6) is 0 Å². The highest BCUT2D eigenvalue weighted by Gasteiger charge is 2.17. The minimum Gasteiger partial charge on any atom is -0.405 e. The Morgan fingerprint density at radius 2 is 1.86 bits per heavy atom. The Balaban J connectivity index is 1.96. The first-order valence-corrected chi connectivity index (χ1v) is 6.19. The highest BCUT2D eigenvalue weighted by Crippen LogP contribution is 2.31. The van der Waals surface area contributed by atoms with Crippen LogP contribution < -0.4 is 5.73 Å². The van der Waals surface area contributed by atoms with Crippen molar-refractivity contribution in [1.29, 1.82) is 0 Å². The van der Waals surface area contributed by atoms with Gasteiger partial charge in [-0.25, -0.2) is 0 Å². The number of hydrogen-bond donors (Lipinski definition) is 1. The molecule has 0 spiro atoms. The van der Waals surface area contributed by atoms with E-state index in [1.54, 1.807) is 6.20 Å². The molecule has 1 nitrogen and oxygen atoms in total. The standard InChI is InChI=1S/C13H25N/c1-12-7-9-13(10-8-12)6-4-2-3-5-11-14/h5,11-13H,2-4,6-10,14H2,1H3/b11-5-. The molecule has 82 valence electrons. The van der Waals surface area contributed by atoms with Crippen LogP contribution in [0.1, 0.15) is 58.3 Å². The van der Waals surface area contributed by atoms with Gasteiger partial charge in [0.05, 0.1) is 0 Å². The molecule has 0 aliphatic heterocycles. The van der Waals surface area contributed by atoms with Gasteiger partial charge in [0, 0.05) is 0 Å². The van der Waals surface area contributed by atoms with E-state index in [2.05, 4.69) is 13.0 Å². The zero-order valence-corrected chi connectivity index (χ0v) is 9.54. The van der Waals surface area contributed by atoms with Gasteiger partial charge in [-0.2, -0.15) is 0 Å². The van der Waals surface area contributed by atoms with Crippen LogP contribution in [0.15, 0.2) is 12.3 Å². The molecule has 1 saturated carbocycles. The molecule has 1 fully saturated rings. The number of allylic oxidation sites excluding steroid dienone is 1. The number of unbranched alkanes of at least 4 members (excludes halogenated alkanes) is 2. The van der Waals surface area contributed by atoms with Crippen molar-refractivity contribution < 1.29 is 0 Å². The lowest BCUT2D eigenvalue weighted by molar-refractivity contribution is 0.272. The molecule has 14 heavy (non-hydrogen) atoms. The molecule has 0 heterocycles. The predicted molar refractivity (Wildman–Crippen MR) is 62.9 cm³/mol.